The molecule has 0 radical (unpaired) electrons. The van der Waals surface area contributed by atoms with Gasteiger partial charge in [0.25, 0.3) is 0 Å². The fourth-order valence-electron chi connectivity index (χ4n) is 3.76. The predicted octanol–water partition coefficient (Wildman–Crippen LogP) is 3.23. The van der Waals surface area contributed by atoms with E-state index in [2.05, 4.69) is 15.6 Å². The molecular weight excluding hydrogens is 440 g/mol. The van der Waals surface area contributed by atoms with Crippen LogP contribution < -0.4 is 10.6 Å². The fraction of sp³-hybridized carbons (Fsp3) is 0.292. The highest BCUT2D eigenvalue weighted by atomic mass is 32.1. The van der Waals surface area contributed by atoms with Crippen molar-refractivity contribution in [2.24, 2.45) is 0 Å². The number of ether oxygens (including phenoxy) is 1. The lowest BCUT2D eigenvalue weighted by molar-refractivity contribution is -0.161. The summed E-state index contributed by atoms with van der Waals surface area (Å²) >= 11 is 1.49. The summed E-state index contributed by atoms with van der Waals surface area (Å²) in [4.78, 5) is 31.6. The monoisotopic (exact) mass is 466 g/mol. The summed E-state index contributed by atoms with van der Waals surface area (Å²) < 4.78 is 5.80. The van der Waals surface area contributed by atoms with Gasteiger partial charge in [0, 0.05) is 17.1 Å². The molecule has 0 aliphatic carbocycles. The van der Waals surface area contributed by atoms with Gasteiger partial charge in [0.15, 0.2) is 0 Å². The average Bonchev–Trinajstić information content (AvgIpc) is 3.24. The Kier molecular flexibility index (Phi) is 7.33. The third kappa shape index (κ3) is 5.57. The molecule has 0 unspecified atom stereocenters. The number of carbonyl (C=O) groups excluding carboxylic acids is 2. The van der Waals surface area contributed by atoms with Crippen LogP contribution in [0.3, 0.4) is 0 Å². The first-order valence-corrected chi connectivity index (χ1v) is 11.5. The quantitative estimate of drug-likeness (QED) is 0.496. The van der Waals surface area contributed by atoms with Crippen molar-refractivity contribution in [1.29, 1.82) is 0 Å². The molecule has 1 aliphatic heterocycles. The van der Waals surface area contributed by atoms with Crippen molar-refractivity contribution in [1.82, 2.24) is 15.2 Å². The minimum atomic E-state index is -0.513. The van der Waals surface area contributed by atoms with Crippen molar-refractivity contribution >= 4 is 29.0 Å². The molecule has 1 aliphatic rings. The number of hydrogen-bond donors (Lipinski definition) is 3. The van der Waals surface area contributed by atoms with Crippen LogP contribution >= 0.6 is 11.3 Å². The number of hydrogen-bond acceptors (Lipinski definition) is 6. The van der Waals surface area contributed by atoms with E-state index in [4.69, 9.17) is 4.74 Å². The Labute approximate surface area is 196 Å². The lowest BCUT2D eigenvalue weighted by atomic mass is 9.99. The number of aliphatic hydroxyl groups excluding tert-OH is 1. The Bertz CT molecular complexity index is 1090. The molecule has 0 bridgehead atoms. The van der Waals surface area contributed by atoms with E-state index in [0.29, 0.717) is 18.8 Å². The number of thiazole rings is 1. The van der Waals surface area contributed by atoms with Crippen LogP contribution in [0.1, 0.15) is 27.8 Å². The standard InChI is InChI=1S/C24H26N4O4S/c1-16-21(33-15-26-16)12-28-20(13-29)23(32-14-22(28)30)18-7-9-19(10-8-18)27-24(31)25-11-17-5-3-2-4-6-17/h2-10,15,20,23,29H,11-14H2,1H3,(H2,25,27,31)/t20-,23-/m1/s1. The number of anilines is 1. The SMILES string of the molecule is Cc1ncsc1CN1C(=O)CO[C@H](c2ccc(NC(=O)NCc3ccccc3)cc2)[C@H]1CO. The van der Waals surface area contributed by atoms with Crippen molar-refractivity contribution in [3.05, 3.63) is 81.8 Å². The van der Waals surface area contributed by atoms with Gasteiger partial charge in [-0.05, 0) is 30.2 Å². The van der Waals surface area contributed by atoms with Gasteiger partial charge in [0.1, 0.15) is 12.7 Å². The van der Waals surface area contributed by atoms with Crippen LogP contribution in [0.5, 0.6) is 0 Å². The minimum absolute atomic E-state index is 0.0547. The number of aromatic nitrogens is 1. The van der Waals surface area contributed by atoms with Crippen LogP contribution in [0.4, 0.5) is 10.5 Å². The first-order valence-electron chi connectivity index (χ1n) is 10.6. The molecule has 172 valence electrons. The fourth-order valence-corrected chi connectivity index (χ4v) is 4.54. The molecule has 9 heteroatoms. The van der Waals surface area contributed by atoms with E-state index in [1.54, 1.807) is 22.5 Å². The molecule has 3 amide bonds. The molecule has 0 spiro atoms. The molecule has 4 rings (SSSR count). The molecule has 0 saturated carbocycles. The lowest BCUT2D eigenvalue weighted by Gasteiger charge is -2.40. The normalized spacial score (nSPS) is 18.2. The van der Waals surface area contributed by atoms with Crippen molar-refractivity contribution in [2.45, 2.75) is 32.2 Å². The van der Waals surface area contributed by atoms with E-state index in [1.807, 2.05) is 49.4 Å². The number of nitrogens with zero attached hydrogens (tertiary/aromatic N) is 2. The zero-order valence-electron chi connectivity index (χ0n) is 18.2. The topological polar surface area (TPSA) is 104 Å². The smallest absolute Gasteiger partial charge is 0.319 e. The van der Waals surface area contributed by atoms with Gasteiger partial charge in [-0.15, -0.1) is 11.3 Å². The summed E-state index contributed by atoms with van der Waals surface area (Å²) in [6.07, 6.45) is -0.470. The number of aliphatic hydroxyl groups is 1. The van der Waals surface area contributed by atoms with Gasteiger partial charge in [-0.3, -0.25) is 4.79 Å². The maximum absolute atomic E-state index is 12.5. The molecule has 1 fully saturated rings. The van der Waals surface area contributed by atoms with E-state index in [1.165, 1.54) is 11.3 Å². The minimum Gasteiger partial charge on any atom is -0.394 e. The Morgan fingerprint density at radius 2 is 1.97 bits per heavy atom. The molecule has 3 aromatic rings. The summed E-state index contributed by atoms with van der Waals surface area (Å²) in [6.45, 7) is 2.45. The van der Waals surface area contributed by atoms with E-state index in [9.17, 15) is 14.7 Å². The number of benzene rings is 2. The number of nitrogens with one attached hydrogen (secondary N) is 2. The number of aryl methyl sites for hydroxylation is 1. The number of urea groups is 1. The Hall–Kier alpha value is -3.27. The lowest BCUT2D eigenvalue weighted by Crippen LogP contribution is -2.52. The molecule has 2 atom stereocenters. The average molecular weight is 467 g/mol. The molecule has 2 aromatic carbocycles. The Morgan fingerprint density at radius 1 is 1.21 bits per heavy atom. The highest BCUT2D eigenvalue weighted by molar-refractivity contribution is 7.09. The van der Waals surface area contributed by atoms with E-state index < -0.39 is 12.1 Å². The third-order valence-electron chi connectivity index (χ3n) is 5.60. The zero-order chi connectivity index (χ0) is 23.2. The van der Waals surface area contributed by atoms with Crippen molar-refractivity contribution in [2.75, 3.05) is 18.5 Å². The molecule has 33 heavy (non-hydrogen) atoms. The second-order valence-corrected chi connectivity index (χ2v) is 8.72. The van der Waals surface area contributed by atoms with Gasteiger partial charge in [-0.1, -0.05) is 42.5 Å². The maximum Gasteiger partial charge on any atom is 0.319 e. The van der Waals surface area contributed by atoms with Crippen LogP contribution in [-0.4, -0.2) is 46.2 Å². The number of carbonyl (C=O) groups is 2. The highest BCUT2D eigenvalue weighted by Gasteiger charge is 2.37. The molecule has 1 saturated heterocycles. The first kappa shape index (κ1) is 22.9. The first-order chi connectivity index (χ1) is 16.0. The van der Waals surface area contributed by atoms with Gasteiger partial charge in [0.05, 0.1) is 30.4 Å². The van der Waals surface area contributed by atoms with Crippen LogP contribution in [0.2, 0.25) is 0 Å². The largest absolute Gasteiger partial charge is 0.394 e. The van der Waals surface area contributed by atoms with E-state index in [-0.39, 0.29) is 25.2 Å². The van der Waals surface area contributed by atoms with E-state index >= 15 is 0 Å². The molecule has 8 nitrogen and oxygen atoms in total. The predicted molar refractivity (Wildman–Crippen MR) is 126 cm³/mol. The number of morpholine rings is 1. The molecular formula is C24H26N4O4S. The van der Waals surface area contributed by atoms with E-state index in [0.717, 1.165) is 21.7 Å². The second-order valence-electron chi connectivity index (χ2n) is 7.78. The molecule has 3 N–H and O–H groups in total. The second kappa shape index (κ2) is 10.6. The van der Waals surface area contributed by atoms with Gasteiger partial charge in [0.2, 0.25) is 5.91 Å². The van der Waals surface area contributed by atoms with Crippen LogP contribution in [0.15, 0.2) is 60.1 Å². The summed E-state index contributed by atoms with van der Waals surface area (Å²) in [5.41, 5.74) is 5.10. The van der Waals surface area contributed by atoms with Crippen LogP contribution in [0, 0.1) is 6.92 Å². The number of amides is 3. The molecule has 1 aromatic heterocycles. The summed E-state index contributed by atoms with van der Waals surface area (Å²) in [5, 5.41) is 15.7. The van der Waals surface area contributed by atoms with Gasteiger partial charge in [-0.2, -0.15) is 0 Å². The molecule has 2 heterocycles. The van der Waals surface area contributed by atoms with Crippen LogP contribution in [0.25, 0.3) is 0 Å². The van der Waals surface area contributed by atoms with Gasteiger partial charge in [-0.25, -0.2) is 9.78 Å². The van der Waals surface area contributed by atoms with Gasteiger partial charge < -0.3 is 25.4 Å². The Balaban J connectivity index is 1.40. The summed E-state index contributed by atoms with van der Waals surface area (Å²) in [7, 11) is 0. The number of rotatable bonds is 7. The third-order valence-corrected chi connectivity index (χ3v) is 6.52. The highest BCUT2D eigenvalue weighted by Crippen LogP contribution is 2.31. The summed E-state index contributed by atoms with van der Waals surface area (Å²) in [5.74, 6) is -0.161. The van der Waals surface area contributed by atoms with Gasteiger partial charge >= 0.3 is 6.03 Å². The Morgan fingerprint density at radius 3 is 2.64 bits per heavy atom. The zero-order valence-corrected chi connectivity index (χ0v) is 19.0. The van der Waals surface area contributed by atoms with Crippen molar-refractivity contribution < 1.29 is 19.4 Å². The van der Waals surface area contributed by atoms with Crippen LogP contribution in [-0.2, 0) is 22.6 Å². The van der Waals surface area contributed by atoms with Crippen molar-refractivity contribution in [3.8, 4) is 0 Å². The summed E-state index contributed by atoms with van der Waals surface area (Å²) in [6, 6.07) is 16.1. The maximum atomic E-state index is 12.5. The van der Waals surface area contributed by atoms with Crippen molar-refractivity contribution in [3.63, 3.8) is 0 Å².